The zero-order chi connectivity index (χ0) is 26.6. The number of aromatic nitrogens is 3. The van der Waals surface area contributed by atoms with Gasteiger partial charge in [-0.05, 0) is 49.2 Å². The maximum absolute atomic E-state index is 14.6. The quantitative estimate of drug-likeness (QED) is 0.194. The molecule has 0 bridgehead atoms. The first-order chi connectivity index (χ1) is 18.5. The number of halogens is 1. The maximum Gasteiger partial charge on any atom is 0.326 e. The summed E-state index contributed by atoms with van der Waals surface area (Å²) in [5, 5.41) is 13.3. The predicted molar refractivity (Wildman–Crippen MR) is 143 cm³/mol. The van der Waals surface area contributed by atoms with Gasteiger partial charge in [0, 0.05) is 10.8 Å². The Hall–Kier alpha value is -4.53. The van der Waals surface area contributed by atoms with Crippen molar-refractivity contribution in [3.63, 3.8) is 0 Å². The summed E-state index contributed by atoms with van der Waals surface area (Å²) in [6.07, 6.45) is 1.56. The monoisotopic (exact) mass is 514 g/mol. The van der Waals surface area contributed by atoms with Crippen molar-refractivity contribution < 1.29 is 18.3 Å². The lowest BCUT2D eigenvalue weighted by atomic mass is 10.0. The fourth-order valence-electron chi connectivity index (χ4n) is 4.30. The number of carbonyl (C=O) groups excluding carboxylic acids is 1. The van der Waals surface area contributed by atoms with Crippen LogP contribution in [0.4, 0.5) is 10.2 Å². The van der Waals surface area contributed by atoms with Crippen LogP contribution in [0.2, 0.25) is 0 Å². The van der Waals surface area contributed by atoms with E-state index in [4.69, 9.17) is 9.15 Å². The molecule has 0 aliphatic carbocycles. The molecule has 2 heterocycles. The average molecular weight is 515 g/mol. The minimum atomic E-state index is -0.609. The smallest absolute Gasteiger partial charge is 0.326 e. The summed E-state index contributed by atoms with van der Waals surface area (Å²) in [6.45, 7) is 3.69. The Kier molecular flexibility index (Phi) is 7.17. The molecule has 0 radical (unpaired) electrons. The molecule has 0 fully saturated rings. The first-order valence-corrected chi connectivity index (χ1v) is 12.5. The third kappa shape index (κ3) is 5.00. The summed E-state index contributed by atoms with van der Waals surface area (Å²) in [4.78, 5) is 26.0. The molecule has 5 aromatic rings. The maximum atomic E-state index is 14.6. The number of hydrogen-bond donors (Lipinski definition) is 1. The number of carbonyl (C=O) groups is 1. The van der Waals surface area contributed by atoms with Gasteiger partial charge in [0.25, 0.3) is 5.56 Å². The van der Waals surface area contributed by atoms with Crippen LogP contribution in [0.5, 0.6) is 0 Å². The number of fused-ring (bicyclic) bond motifs is 3. The number of furan rings is 1. The van der Waals surface area contributed by atoms with Crippen molar-refractivity contribution in [1.82, 2.24) is 14.8 Å². The van der Waals surface area contributed by atoms with Crippen molar-refractivity contribution >= 4 is 33.7 Å². The van der Waals surface area contributed by atoms with E-state index in [1.165, 1.54) is 18.2 Å². The Morgan fingerprint density at radius 1 is 1.05 bits per heavy atom. The van der Waals surface area contributed by atoms with Gasteiger partial charge in [0.2, 0.25) is 5.82 Å². The second-order valence-electron chi connectivity index (χ2n) is 9.04. The van der Waals surface area contributed by atoms with Gasteiger partial charge in [0.15, 0.2) is 5.82 Å². The highest BCUT2D eigenvalue weighted by atomic mass is 19.1. The topological polar surface area (TPSA) is 99.2 Å². The summed E-state index contributed by atoms with van der Waals surface area (Å²) in [6, 6.07) is 19.2. The van der Waals surface area contributed by atoms with Crippen LogP contribution < -0.4 is 10.9 Å². The van der Waals surface area contributed by atoms with Gasteiger partial charge in [-0.3, -0.25) is 14.2 Å². The number of para-hydroxylation sites is 1. The van der Waals surface area contributed by atoms with Crippen molar-refractivity contribution in [2.45, 2.75) is 39.3 Å². The number of nitrogens with one attached hydrogen (secondary N) is 1. The lowest BCUT2D eigenvalue weighted by Gasteiger charge is -2.17. The van der Waals surface area contributed by atoms with Gasteiger partial charge in [0.05, 0.1) is 18.2 Å². The molecule has 194 valence electrons. The third-order valence-electron chi connectivity index (χ3n) is 6.37. The molecule has 0 aliphatic rings. The van der Waals surface area contributed by atoms with E-state index in [2.05, 4.69) is 15.5 Å². The number of esters is 1. The van der Waals surface area contributed by atoms with Gasteiger partial charge >= 0.3 is 5.97 Å². The number of benzene rings is 3. The van der Waals surface area contributed by atoms with Gasteiger partial charge in [-0.2, -0.15) is 0 Å². The largest absolute Gasteiger partial charge is 0.464 e. The van der Waals surface area contributed by atoms with Gasteiger partial charge < -0.3 is 14.5 Å². The number of ether oxygens (including phenoxy) is 1. The fourth-order valence-corrected chi connectivity index (χ4v) is 4.30. The zero-order valence-electron chi connectivity index (χ0n) is 21.1. The van der Waals surface area contributed by atoms with Crippen LogP contribution in [-0.4, -0.2) is 27.3 Å². The first-order valence-electron chi connectivity index (χ1n) is 12.5. The fraction of sp³-hybridized carbons (Fsp3) is 0.241. The molecule has 38 heavy (non-hydrogen) atoms. The lowest BCUT2D eigenvalue weighted by Crippen LogP contribution is -2.31. The number of unbranched alkanes of at least 4 members (excludes halogenated alkanes) is 1. The molecule has 0 amide bonds. The Balaban J connectivity index is 1.48. The molecular weight excluding hydrogens is 487 g/mol. The molecular formula is C29H27FN4O4. The lowest BCUT2D eigenvalue weighted by molar-refractivity contribution is -0.144. The van der Waals surface area contributed by atoms with Gasteiger partial charge in [-0.1, -0.05) is 49.7 Å². The molecule has 1 atom stereocenters. The van der Waals surface area contributed by atoms with Crippen molar-refractivity contribution in [1.29, 1.82) is 0 Å². The summed E-state index contributed by atoms with van der Waals surface area (Å²) >= 11 is 0. The molecule has 2 aromatic heterocycles. The van der Waals surface area contributed by atoms with Crippen LogP contribution in [-0.2, 0) is 16.1 Å². The van der Waals surface area contributed by atoms with Crippen LogP contribution in [0.3, 0.4) is 0 Å². The van der Waals surface area contributed by atoms with E-state index >= 15 is 0 Å². The standard InChI is InChI=1S/C29H27FN4O4/c1-3-4-15-37-26(35)17-34-28(21-10-5-7-11-23(21)30)33-32-27(29(34)36)31-18(2)19-13-14-25-22(16-19)20-9-6-8-12-24(20)38-25/h5-14,16,18H,3-4,15,17H2,1-2H3,(H,31,32)/t18-/m1/s1. The molecule has 3 aromatic carbocycles. The van der Waals surface area contributed by atoms with Gasteiger partial charge in [0.1, 0.15) is 23.5 Å². The second-order valence-corrected chi connectivity index (χ2v) is 9.04. The van der Waals surface area contributed by atoms with Crippen LogP contribution in [0.1, 0.15) is 38.3 Å². The van der Waals surface area contributed by atoms with E-state index in [-0.39, 0.29) is 29.9 Å². The van der Waals surface area contributed by atoms with Crippen molar-refractivity contribution in [3.05, 3.63) is 88.5 Å². The molecule has 8 nitrogen and oxygen atoms in total. The van der Waals surface area contributed by atoms with Crippen LogP contribution in [0, 0.1) is 5.82 Å². The molecule has 0 unspecified atom stereocenters. The van der Waals surface area contributed by atoms with Gasteiger partial charge in [-0.25, -0.2) is 4.39 Å². The number of hydrogen-bond acceptors (Lipinski definition) is 7. The van der Waals surface area contributed by atoms with E-state index in [0.29, 0.717) is 6.42 Å². The minimum Gasteiger partial charge on any atom is -0.464 e. The second kappa shape index (κ2) is 10.8. The Morgan fingerprint density at radius 2 is 1.82 bits per heavy atom. The highest BCUT2D eigenvalue weighted by molar-refractivity contribution is 6.05. The summed E-state index contributed by atoms with van der Waals surface area (Å²) in [7, 11) is 0. The highest BCUT2D eigenvalue weighted by Crippen LogP contribution is 2.31. The Labute approximate surface area is 218 Å². The van der Waals surface area contributed by atoms with E-state index in [9.17, 15) is 14.0 Å². The van der Waals surface area contributed by atoms with Crippen LogP contribution >= 0.6 is 0 Å². The van der Waals surface area contributed by atoms with Crippen molar-refractivity contribution in [2.75, 3.05) is 11.9 Å². The minimum absolute atomic E-state index is 0.0509. The van der Waals surface area contributed by atoms with E-state index in [1.54, 1.807) is 6.07 Å². The Morgan fingerprint density at radius 3 is 2.63 bits per heavy atom. The number of rotatable bonds is 9. The summed E-state index contributed by atoms with van der Waals surface area (Å²) < 4.78 is 26.9. The molecule has 0 saturated carbocycles. The first kappa shape index (κ1) is 25.1. The van der Waals surface area contributed by atoms with E-state index in [1.807, 2.05) is 56.3 Å². The Bertz CT molecular complexity index is 1680. The third-order valence-corrected chi connectivity index (χ3v) is 6.37. The molecule has 0 spiro atoms. The number of nitrogens with zero attached hydrogens (tertiary/aromatic N) is 3. The SMILES string of the molecule is CCCCOC(=O)Cn1c(-c2ccccc2F)nnc(N[C@H](C)c2ccc3oc4ccccc4c3c2)c1=O. The predicted octanol–water partition coefficient (Wildman–Crippen LogP) is 5.86. The summed E-state index contributed by atoms with van der Waals surface area (Å²) in [5.41, 5.74) is 1.92. The molecule has 9 heteroatoms. The van der Waals surface area contributed by atoms with Crippen molar-refractivity contribution in [3.8, 4) is 11.4 Å². The number of anilines is 1. The molecule has 0 saturated heterocycles. The van der Waals surface area contributed by atoms with Crippen LogP contribution in [0.25, 0.3) is 33.3 Å². The summed E-state index contributed by atoms with van der Waals surface area (Å²) in [5.74, 6) is -1.30. The highest BCUT2D eigenvalue weighted by Gasteiger charge is 2.21. The van der Waals surface area contributed by atoms with Gasteiger partial charge in [-0.15, -0.1) is 10.2 Å². The molecule has 1 N–H and O–H groups in total. The van der Waals surface area contributed by atoms with E-state index < -0.39 is 23.9 Å². The normalized spacial score (nSPS) is 12.1. The van der Waals surface area contributed by atoms with E-state index in [0.717, 1.165) is 38.5 Å². The zero-order valence-corrected chi connectivity index (χ0v) is 21.1. The van der Waals surface area contributed by atoms with Crippen LogP contribution in [0.15, 0.2) is 75.9 Å². The molecule has 5 rings (SSSR count). The molecule has 0 aliphatic heterocycles. The average Bonchev–Trinajstić information content (AvgIpc) is 3.29. The van der Waals surface area contributed by atoms with Crippen molar-refractivity contribution in [2.24, 2.45) is 0 Å².